The number of nitrogens with zero attached hydrogens (tertiary/aromatic N) is 1. The third kappa shape index (κ3) is 5.55. The Morgan fingerprint density at radius 3 is 2.82 bits per heavy atom. The molecular formula is C9H16N2. The van der Waals surface area contributed by atoms with Crippen LogP contribution in [0.3, 0.4) is 0 Å². The van der Waals surface area contributed by atoms with Crippen molar-refractivity contribution in [2.75, 3.05) is 20.6 Å². The van der Waals surface area contributed by atoms with E-state index in [9.17, 15) is 0 Å². The molecule has 0 aromatic rings. The molecule has 11 heavy (non-hydrogen) atoms. The minimum absolute atomic E-state index is 0.966. The Balaban J connectivity index is 3.77. The van der Waals surface area contributed by atoms with Gasteiger partial charge in [0.15, 0.2) is 0 Å². The van der Waals surface area contributed by atoms with Gasteiger partial charge in [-0.05, 0) is 13.1 Å². The average Bonchev–Trinajstić information content (AvgIpc) is 2.05. The Labute approximate surface area is 68.7 Å². The number of allylic oxidation sites excluding steroid dienone is 3. The van der Waals surface area contributed by atoms with Gasteiger partial charge in [0.05, 0.1) is 0 Å². The molecule has 0 aliphatic heterocycles. The number of hydrogen-bond donors (Lipinski definition) is 1. The van der Waals surface area contributed by atoms with Crippen molar-refractivity contribution in [1.82, 2.24) is 5.32 Å². The minimum Gasteiger partial charge on any atom is -0.319 e. The van der Waals surface area contributed by atoms with E-state index < -0.39 is 0 Å². The van der Waals surface area contributed by atoms with E-state index in [0.717, 1.165) is 18.7 Å². The molecule has 0 amide bonds. The SMILES string of the molecule is C=C/C=C\C(CCNC)=NC. The Hall–Kier alpha value is -0.890. The maximum absolute atomic E-state index is 4.11. The van der Waals surface area contributed by atoms with Gasteiger partial charge in [0.1, 0.15) is 0 Å². The molecule has 0 saturated carbocycles. The Morgan fingerprint density at radius 2 is 2.36 bits per heavy atom. The van der Waals surface area contributed by atoms with E-state index in [1.807, 2.05) is 19.2 Å². The molecule has 0 unspecified atom stereocenters. The molecule has 0 aromatic carbocycles. The van der Waals surface area contributed by atoms with Crippen LogP contribution in [0.5, 0.6) is 0 Å². The van der Waals surface area contributed by atoms with Gasteiger partial charge in [0, 0.05) is 25.7 Å². The summed E-state index contributed by atoms with van der Waals surface area (Å²) in [6.07, 6.45) is 6.60. The van der Waals surface area contributed by atoms with Crippen LogP contribution in [0, 0.1) is 0 Å². The maximum Gasteiger partial charge on any atom is 0.0357 e. The summed E-state index contributed by atoms with van der Waals surface area (Å²) in [5.74, 6) is 0. The third-order valence-electron chi connectivity index (χ3n) is 1.34. The lowest BCUT2D eigenvalue weighted by molar-refractivity contribution is 0.824. The topological polar surface area (TPSA) is 24.4 Å². The van der Waals surface area contributed by atoms with Gasteiger partial charge in [0.2, 0.25) is 0 Å². The molecule has 0 saturated heterocycles. The molecule has 0 bridgehead atoms. The summed E-state index contributed by atoms with van der Waals surface area (Å²) in [6.45, 7) is 4.56. The standard InChI is InChI=1S/C9H16N2/c1-4-5-6-9(11-3)7-8-10-2/h4-6,10H,1,7-8H2,2-3H3/b6-5-,11-9?. The third-order valence-corrected chi connectivity index (χ3v) is 1.34. The molecule has 0 aromatic heterocycles. The van der Waals surface area contributed by atoms with Gasteiger partial charge in [-0.25, -0.2) is 0 Å². The molecule has 2 nitrogen and oxygen atoms in total. The molecule has 0 aliphatic rings. The van der Waals surface area contributed by atoms with Crippen molar-refractivity contribution in [3.63, 3.8) is 0 Å². The van der Waals surface area contributed by atoms with Gasteiger partial charge in [-0.2, -0.15) is 0 Å². The van der Waals surface area contributed by atoms with Gasteiger partial charge in [-0.3, -0.25) is 4.99 Å². The molecule has 0 radical (unpaired) electrons. The first-order valence-electron chi connectivity index (χ1n) is 3.74. The first-order chi connectivity index (χ1) is 5.35. The van der Waals surface area contributed by atoms with Crippen LogP contribution in [0.15, 0.2) is 29.8 Å². The molecule has 0 aliphatic carbocycles. The molecular weight excluding hydrogens is 136 g/mol. The lowest BCUT2D eigenvalue weighted by Crippen LogP contribution is -2.11. The highest BCUT2D eigenvalue weighted by Crippen LogP contribution is 1.87. The summed E-state index contributed by atoms with van der Waals surface area (Å²) in [5, 5.41) is 3.07. The lowest BCUT2D eigenvalue weighted by atomic mass is 10.2. The summed E-state index contributed by atoms with van der Waals surface area (Å²) in [4.78, 5) is 4.11. The fraction of sp³-hybridized carbons (Fsp3) is 0.444. The highest BCUT2D eigenvalue weighted by atomic mass is 14.8. The summed E-state index contributed by atoms with van der Waals surface area (Å²) < 4.78 is 0. The Bertz CT molecular complexity index is 157. The van der Waals surface area contributed by atoms with E-state index in [4.69, 9.17) is 0 Å². The molecule has 0 rings (SSSR count). The van der Waals surface area contributed by atoms with Crippen LogP contribution in [0.25, 0.3) is 0 Å². The lowest BCUT2D eigenvalue weighted by Gasteiger charge is -1.97. The second-order valence-electron chi connectivity index (χ2n) is 2.16. The van der Waals surface area contributed by atoms with Crippen LogP contribution >= 0.6 is 0 Å². The van der Waals surface area contributed by atoms with Crippen LogP contribution in [0.4, 0.5) is 0 Å². The first-order valence-corrected chi connectivity index (χ1v) is 3.74. The Kier molecular flexibility index (Phi) is 6.64. The van der Waals surface area contributed by atoms with Crippen molar-refractivity contribution in [2.24, 2.45) is 4.99 Å². The molecule has 2 heteroatoms. The quantitative estimate of drug-likeness (QED) is 0.467. The normalized spacial score (nSPS) is 12.4. The van der Waals surface area contributed by atoms with E-state index in [1.165, 1.54) is 0 Å². The van der Waals surface area contributed by atoms with E-state index in [-0.39, 0.29) is 0 Å². The molecule has 62 valence electrons. The molecule has 0 atom stereocenters. The van der Waals surface area contributed by atoms with Gasteiger partial charge < -0.3 is 5.32 Å². The zero-order chi connectivity index (χ0) is 8.53. The van der Waals surface area contributed by atoms with Crippen LogP contribution in [-0.2, 0) is 0 Å². The van der Waals surface area contributed by atoms with E-state index in [1.54, 1.807) is 13.1 Å². The number of rotatable bonds is 5. The fourth-order valence-corrected chi connectivity index (χ4v) is 0.702. The highest BCUT2D eigenvalue weighted by molar-refractivity contribution is 5.95. The van der Waals surface area contributed by atoms with Crippen molar-refractivity contribution in [2.45, 2.75) is 6.42 Å². The number of nitrogens with one attached hydrogen (secondary N) is 1. The first kappa shape index (κ1) is 10.1. The summed E-state index contributed by atoms with van der Waals surface area (Å²) in [5.41, 5.74) is 1.10. The smallest absolute Gasteiger partial charge is 0.0357 e. The van der Waals surface area contributed by atoms with Gasteiger partial charge in [-0.1, -0.05) is 18.7 Å². The summed E-state index contributed by atoms with van der Waals surface area (Å²) in [6, 6.07) is 0. The van der Waals surface area contributed by atoms with Crippen LogP contribution in [0.2, 0.25) is 0 Å². The zero-order valence-corrected chi connectivity index (χ0v) is 7.30. The summed E-state index contributed by atoms with van der Waals surface area (Å²) in [7, 11) is 3.74. The van der Waals surface area contributed by atoms with Crippen molar-refractivity contribution in [3.8, 4) is 0 Å². The number of hydrogen-bond acceptors (Lipinski definition) is 2. The monoisotopic (exact) mass is 152 g/mol. The van der Waals surface area contributed by atoms with Crippen LogP contribution in [0.1, 0.15) is 6.42 Å². The van der Waals surface area contributed by atoms with Crippen molar-refractivity contribution >= 4 is 5.71 Å². The van der Waals surface area contributed by atoms with E-state index in [0.29, 0.717) is 0 Å². The predicted octanol–water partition coefficient (Wildman–Crippen LogP) is 1.41. The summed E-state index contributed by atoms with van der Waals surface area (Å²) >= 11 is 0. The van der Waals surface area contributed by atoms with Crippen molar-refractivity contribution in [1.29, 1.82) is 0 Å². The molecule has 0 spiro atoms. The van der Waals surface area contributed by atoms with Crippen molar-refractivity contribution < 1.29 is 0 Å². The predicted molar refractivity (Wildman–Crippen MR) is 51.2 cm³/mol. The van der Waals surface area contributed by atoms with Gasteiger partial charge >= 0.3 is 0 Å². The largest absolute Gasteiger partial charge is 0.319 e. The van der Waals surface area contributed by atoms with Crippen molar-refractivity contribution in [3.05, 3.63) is 24.8 Å². The van der Waals surface area contributed by atoms with Crippen LogP contribution < -0.4 is 5.32 Å². The number of aliphatic imine (C=N–C) groups is 1. The fourth-order valence-electron chi connectivity index (χ4n) is 0.702. The second kappa shape index (κ2) is 7.22. The van der Waals surface area contributed by atoms with Gasteiger partial charge in [-0.15, -0.1) is 0 Å². The van der Waals surface area contributed by atoms with E-state index >= 15 is 0 Å². The molecule has 0 fully saturated rings. The average molecular weight is 152 g/mol. The van der Waals surface area contributed by atoms with E-state index in [2.05, 4.69) is 16.9 Å². The minimum atomic E-state index is 0.966. The van der Waals surface area contributed by atoms with Gasteiger partial charge in [0.25, 0.3) is 0 Å². The van der Waals surface area contributed by atoms with Crippen LogP contribution in [-0.4, -0.2) is 26.4 Å². The molecule has 1 N–H and O–H groups in total. The highest BCUT2D eigenvalue weighted by Gasteiger charge is 1.89. The molecule has 0 heterocycles. The Morgan fingerprint density at radius 1 is 1.64 bits per heavy atom. The zero-order valence-electron chi connectivity index (χ0n) is 7.30. The maximum atomic E-state index is 4.11. The second-order valence-corrected chi connectivity index (χ2v) is 2.16.